The van der Waals surface area contributed by atoms with Gasteiger partial charge in [-0.2, -0.15) is 0 Å². The minimum Gasteiger partial charge on any atom is -0.373 e. The van der Waals surface area contributed by atoms with Gasteiger partial charge < -0.3 is 4.74 Å². The zero-order chi connectivity index (χ0) is 9.78. The number of carbonyl (C=O) groups excluding carboxylic acids is 1. The molecule has 0 aliphatic heterocycles. The Labute approximate surface area is 77.3 Å². The minimum absolute atomic E-state index is 0.149. The van der Waals surface area contributed by atoms with E-state index >= 15 is 0 Å². The molecule has 0 aromatic rings. The number of rotatable bonds is 5. The Morgan fingerprint density at radius 1 is 1.50 bits per heavy atom. The smallest absolute Gasteiger partial charge is 0.148 e. The van der Waals surface area contributed by atoms with E-state index in [2.05, 4.69) is 9.24 Å². The third-order valence-electron chi connectivity index (χ3n) is 1.53. The van der Waals surface area contributed by atoms with Crippen LogP contribution in [0.4, 0.5) is 0 Å². The summed E-state index contributed by atoms with van der Waals surface area (Å²) in [6.07, 6.45) is 1.58. The molecular formula is C9H19O2P. The van der Waals surface area contributed by atoms with E-state index in [-0.39, 0.29) is 17.2 Å². The second-order valence-corrected chi connectivity index (χ2v) is 4.54. The molecule has 0 rings (SSSR count). The van der Waals surface area contributed by atoms with Crippen LogP contribution in [0.5, 0.6) is 0 Å². The summed E-state index contributed by atoms with van der Waals surface area (Å²) in [6, 6.07) is 0. The van der Waals surface area contributed by atoms with Crippen molar-refractivity contribution in [1.29, 1.82) is 0 Å². The maximum atomic E-state index is 10.7. The molecule has 1 unspecified atom stereocenters. The van der Waals surface area contributed by atoms with E-state index < -0.39 is 0 Å². The Hall–Kier alpha value is 0.0600. The summed E-state index contributed by atoms with van der Waals surface area (Å²) < 4.78 is 5.63. The number of ether oxygens (including phenoxy) is 1. The number of carbonyl (C=O) groups is 1. The molecule has 0 N–H and O–H groups in total. The maximum absolute atomic E-state index is 10.7. The molecule has 0 bridgehead atoms. The van der Waals surface area contributed by atoms with Gasteiger partial charge in [-0.3, -0.25) is 4.79 Å². The third kappa shape index (κ3) is 6.75. The molecule has 0 aromatic carbocycles. The molecule has 0 saturated heterocycles. The molecule has 0 heterocycles. The van der Waals surface area contributed by atoms with Crippen molar-refractivity contribution < 1.29 is 9.53 Å². The van der Waals surface area contributed by atoms with E-state index in [9.17, 15) is 4.79 Å². The van der Waals surface area contributed by atoms with Crippen molar-refractivity contribution in [2.24, 2.45) is 0 Å². The van der Waals surface area contributed by atoms with E-state index in [1.807, 2.05) is 27.7 Å². The second-order valence-electron chi connectivity index (χ2n) is 3.89. The van der Waals surface area contributed by atoms with Gasteiger partial charge in [0.1, 0.15) is 5.52 Å². The quantitative estimate of drug-likeness (QED) is 0.622. The standard InChI is InChI=1S/C9H19O2P/c1-7(2)11-9(3,4)6-5-8(10)12/h7H,5-6,12H2,1-4H3. The van der Waals surface area contributed by atoms with Gasteiger partial charge in [0, 0.05) is 6.42 Å². The molecule has 2 nitrogen and oxygen atoms in total. The Morgan fingerprint density at radius 3 is 2.33 bits per heavy atom. The van der Waals surface area contributed by atoms with E-state index in [1.165, 1.54) is 0 Å². The first-order chi connectivity index (χ1) is 5.33. The molecule has 12 heavy (non-hydrogen) atoms. The van der Waals surface area contributed by atoms with Gasteiger partial charge in [0.05, 0.1) is 11.7 Å². The molecule has 0 aromatic heterocycles. The largest absolute Gasteiger partial charge is 0.373 e. The Balaban J connectivity index is 3.78. The average molecular weight is 190 g/mol. The van der Waals surface area contributed by atoms with Crippen LogP contribution in [0.2, 0.25) is 0 Å². The van der Waals surface area contributed by atoms with Gasteiger partial charge in [0.2, 0.25) is 0 Å². The fourth-order valence-corrected chi connectivity index (χ4v) is 1.27. The van der Waals surface area contributed by atoms with Crippen LogP contribution in [0.3, 0.4) is 0 Å². The van der Waals surface area contributed by atoms with Crippen LogP contribution in [0, 0.1) is 0 Å². The van der Waals surface area contributed by atoms with Crippen molar-refractivity contribution in [1.82, 2.24) is 0 Å². The third-order valence-corrected chi connectivity index (χ3v) is 1.82. The van der Waals surface area contributed by atoms with E-state index in [1.54, 1.807) is 0 Å². The molecule has 3 heteroatoms. The zero-order valence-corrected chi connectivity index (χ0v) is 9.54. The van der Waals surface area contributed by atoms with E-state index in [0.29, 0.717) is 6.42 Å². The molecule has 0 radical (unpaired) electrons. The minimum atomic E-state index is -0.180. The van der Waals surface area contributed by atoms with Crippen molar-refractivity contribution in [3.8, 4) is 0 Å². The zero-order valence-electron chi connectivity index (χ0n) is 8.39. The number of hydrogen-bond donors (Lipinski definition) is 0. The van der Waals surface area contributed by atoms with E-state index in [4.69, 9.17) is 4.74 Å². The molecule has 0 aliphatic rings. The van der Waals surface area contributed by atoms with Crippen LogP contribution in [0.15, 0.2) is 0 Å². The Kier molecular flexibility index (Phi) is 4.96. The highest BCUT2D eigenvalue weighted by Crippen LogP contribution is 2.19. The van der Waals surface area contributed by atoms with Crippen LogP contribution in [-0.4, -0.2) is 17.2 Å². The normalized spacial score (nSPS) is 12.2. The monoisotopic (exact) mass is 190 g/mol. The SMILES string of the molecule is CC(C)OC(C)(C)CCC(=O)P. The predicted molar refractivity (Wildman–Crippen MR) is 54.3 cm³/mol. The lowest BCUT2D eigenvalue weighted by molar-refractivity contribution is -0.113. The van der Waals surface area contributed by atoms with E-state index in [0.717, 1.165) is 6.42 Å². The summed E-state index contributed by atoms with van der Waals surface area (Å²) in [5, 5.41) is 0. The Morgan fingerprint density at radius 2 is 2.00 bits per heavy atom. The Bertz CT molecular complexity index is 153. The average Bonchev–Trinajstić information content (AvgIpc) is 1.81. The summed E-state index contributed by atoms with van der Waals surface area (Å²) in [5.74, 6) is 0. The van der Waals surface area contributed by atoms with Crippen LogP contribution in [-0.2, 0) is 9.53 Å². The highest BCUT2D eigenvalue weighted by Gasteiger charge is 2.19. The van der Waals surface area contributed by atoms with Crippen molar-refractivity contribution in [3.05, 3.63) is 0 Å². The summed E-state index contributed by atoms with van der Waals surface area (Å²) in [4.78, 5) is 10.7. The molecular weight excluding hydrogens is 171 g/mol. The first-order valence-electron chi connectivity index (χ1n) is 4.29. The highest BCUT2D eigenvalue weighted by atomic mass is 31.0. The molecule has 1 atom stereocenters. The lowest BCUT2D eigenvalue weighted by atomic mass is 10.0. The fraction of sp³-hybridized carbons (Fsp3) is 0.889. The van der Waals surface area contributed by atoms with Gasteiger partial charge in [0.15, 0.2) is 0 Å². The molecule has 0 fully saturated rings. The summed E-state index contributed by atoms with van der Waals surface area (Å²) >= 11 is 0. The summed E-state index contributed by atoms with van der Waals surface area (Å²) in [5.41, 5.74) is -0.0316. The van der Waals surface area contributed by atoms with Crippen molar-refractivity contribution in [2.75, 3.05) is 0 Å². The second kappa shape index (κ2) is 4.94. The van der Waals surface area contributed by atoms with Gasteiger partial charge >= 0.3 is 0 Å². The van der Waals surface area contributed by atoms with Crippen LogP contribution in [0.25, 0.3) is 0 Å². The van der Waals surface area contributed by atoms with Gasteiger partial charge in [-0.1, -0.05) is 9.24 Å². The summed E-state index contributed by atoms with van der Waals surface area (Å²) in [6.45, 7) is 8.04. The van der Waals surface area contributed by atoms with Crippen molar-refractivity contribution >= 4 is 14.8 Å². The fourth-order valence-electron chi connectivity index (χ4n) is 1.12. The van der Waals surface area contributed by atoms with Crippen LogP contribution in [0.1, 0.15) is 40.5 Å². The van der Waals surface area contributed by atoms with Gasteiger partial charge in [-0.05, 0) is 34.1 Å². The lowest BCUT2D eigenvalue weighted by Gasteiger charge is -2.27. The first kappa shape index (κ1) is 12.1. The molecule has 0 spiro atoms. The van der Waals surface area contributed by atoms with Gasteiger partial charge in [-0.25, -0.2) is 0 Å². The van der Waals surface area contributed by atoms with Crippen molar-refractivity contribution in [2.45, 2.75) is 52.2 Å². The molecule has 0 saturated carbocycles. The van der Waals surface area contributed by atoms with Crippen LogP contribution >= 0.6 is 9.24 Å². The highest BCUT2D eigenvalue weighted by molar-refractivity contribution is 7.40. The summed E-state index contributed by atoms with van der Waals surface area (Å²) in [7, 11) is 2.19. The number of hydrogen-bond acceptors (Lipinski definition) is 2. The lowest BCUT2D eigenvalue weighted by Crippen LogP contribution is -2.28. The maximum Gasteiger partial charge on any atom is 0.148 e. The van der Waals surface area contributed by atoms with Crippen molar-refractivity contribution in [3.63, 3.8) is 0 Å². The van der Waals surface area contributed by atoms with Crippen LogP contribution < -0.4 is 0 Å². The first-order valence-corrected chi connectivity index (χ1v) is 4.87. The molecule has 0 aliphatic carbocycles. The van der Waals surface area contributed by atoms with Gasteiger partial charge in [-0.15, -0.1) is 0 Å². The predicted octanol–water partition coefficient (Wildman–Crippen LogP) is 2.37. The van der Waals surface area contributed by atoms with Gasteiger partial charge in [0.25, 0.3) is 0 Å². The molecule has 0 amide bonds. The topological polar surface area (TPSA) is 26.3 Å². The molecule has 72 valence electrons.